The number of carbonyl (C=O) groups is 1. The first kappa shape index (κ1) is 11.9. The van der Waals surface area contributed by atoms with Crippen LogP contribution in [-0.4, -0.2) is 28.9 Å². The maximum atomic E-state index is 12.1. The van der Waals surface area contributed by atoms with E-state index in [1.54, 1.807) is 6.07 Å². The van der Waals surface area contributed by atoms with E-state index in [1.807, 2.05) is 4.90 Å². The standard InChI is InChI=1S/C13H18N2O2/c1-13(2)4-7-15(8-5-13)12(17)10-3-6-14-11(16)9-10/h3,6,9H,4-5,7-8H2,1-2H3,(H,14,16). The van der Waals surface area contributed by atoms with Crippen LogP contribution >= 0.6 is 0 Å². The van der Waals surface area contributed by atoms with Gasteiger partial charge in [0.05, 0.1) is 0 Å². The van der Waals surface area contributed by atoms with E-state index < -0.39 is 0 Å². The number of carbonyl (C=O) groups excluding carboxylic acids is 1. The summed E-state index contributed by atoms with van der Waals surface area (Å²) in [7, 11) is 0. The minimum atomic E-state index is -0.229. The van der Waals surface area contributed by atoms with Gasteiger partial charge < -0.3 is 9.88 Å². The normalized spacial score (nSPS) is 19.1. The zero-order valence-electron chi connectivity index (χ0n) is 10.3. The fourth-order valence-corrected chi connectivity index (χ4v) is 2.08. The molecule has 0 aliphatic carbocycles. The zero-order chi connectivity index (χ0) is 12.5. The molecule has 0 aromatic carbocycles. The van der Waals surface area contributed by atoms with Gasteiger partial charge in [-0.3, -0.25) is 9.59 Å². The highest BCUT2D eigenvalue weighted by Gasteiger charge is 2.28. The summed E-state index contributed by atoms with van der Waals surface area (Å²) in [5, 5.41) is 0. The number of nitrogens with one attached hydrogen (secondary N) is 1. The van der Waals surface area contributed by atoms with Crippen molar-refractivity contribution in [2.24, 2.45) is 5.41 Å². The van der Waals surface area contributed by atoms with Crippen molar-refractivity contribution in [2.45, 2.75) is 26.7 Å². The lowest BCUT2D eigenvalue weighted by atomic mass is 9.82. The fraction of sp³-hybridized carbons (Fsp3) is 0.538. The molecular weight excluding hydrogens is 216 g/mol. The van der Waals surface area contributed by atoms with Crippen molar-refractivity contribution in [1.29, 1.82) is 0 Å². The van der Waals surface area contributed by atoms with Crippen LogP contribution in [0.2, 0.25) is 0 Å². The van der Waals surface area contributed by atoms with Crippen molar-refractivity contribution in [3.05, 3.63) is 34.2 Å². The number of aromatic nitrogens is 1. The molecule has 17 heavy (non-hydrogen) atoms. The van der Waals surface area contributed by atoms with E-state index >= 15 is 0 Å². The monoisotopic (exact) mass is 234 g/mol. The second kappa shape index (κ2) is 4.35. The number of rotatable bonds is 1. The average Bonchev–Trinajstić information content (AvgIpc) is 2.28. The molecule has 1 aliphatic heterocycles. The average molecular weight is 234 g/mol. The Morgan fingerprint density at radius 2 is 2.00 bits per heavy atom. The van der Waals surface area contributed by atoms with E-state index in [1.165, 1.54) is 12.3 Å². The molecule has 0 saturated carbocycles. The topological polar surface area (TPSA) is 53.2 Å². The third-order valence-electron chi connectivity index (χ3n) is 3.43. The number of amides is 1. The first-order chi connectivity index (χ1) is 7.98. The molecule has 1 aromatic rings. The van der Waals surface area contributed by atoms with Crippen molar-refractivity contribution in [3.8, 4) is 0 Å². The third-order valence-corrected chi connectivity index (χ3v) is 3.43. The molecule has 0 unspecified atom stereocenters. The maximum Gasteiger partial charge on any atom is 0.254 e. The maximum absolute atomic E-state index is 12.1. The molecule has 1 amide bonds. The summed E-state index contributed by atoms with van der Waals surface area (Å²) < 4.78 is 0. The summed E-state index contributed by atoms with van der Waals surface area (Å²) in [6.45, 7) is 6.00. The van der Waals surface area contributed by atoms with E-state index in [2.05, 4.69) is 18.8 Å². The number of nitrogens with zero attached hydrogens (tertiary/aromatic N) is 1. The van der Waals surface area contributed by atoms with Crippen LogP contribution in [0.1, 0.15) is 37.0 Å². The van der Waals surface area contributed by atoms with Crippen LogP contribution in [0.25, 0.3) is 0 Å². The van der Waals surface area contributed by atoms with Crippen LogP contribution < -0.4 is 5.56 Å². The largest absolute Gasteiger partial charge is 0.339 e. The minimum Gasteiger partial charge on any atom is -0.339 e. The Morgan fingerprint density at radius 1 is 1.35 bits per heavy atom. The predicted molar refractivity (Wildman–Crippen MR) is 66.0 cm³/mol. The van der Waals surface area contributed by atoms with Gasteiger partial charge in [0.15, 0.2) is 0 Å². The Balaban J connectivity index is 2.09. The predicted octanol–water partition coefficient (Wildman–Crippen LogP) is 1.64. The van der Waals surface area contributed by atoms with Crippen LogP contribution in [0.15, 0.2) is 23.1 Å². The molecule has 4 heteroatoms. The molecule has 92 valence electrons. The molecule has 2 rings (SSSR count). The Kier molecular flexibility index (Phi) is 3.05. The van der Waals surface area contributed by atoms with E-state index in [4.69, 9.17) is 0 Å². The Morgan fingerprint density at radius 3 is 2.59 bits per heavy atom. The number of likely N-dealkylation sites (tertiary alicyclic amines) is 1. The summed E-state index contributed by atoms with van der Waals surface area (Å²) in [5.74, 6) is -0.0356. The van der Waals surface area contributed by atoms with E-state index in [0.29, 0.717) is 11.0 Å². The summed E-state index contributed by atoms with van der Waals surface area (Å²) >= 11 is 0. The van der Waals surface area contributed by atoms with Crippen LogP contribution in [0.3, 0.4) is 0 Å². The molecule has 1 fully saturated rings. The first-order valence-electron chi connectivity index (χ1n) is 5.96. The second-order valence-electron chi connectivity index (χ2n) is 5.40. The summed E-state index contributed by atoms with van der Waals surface area (Å²) in [4.78, 5) is 27.6. The number of pyridine rings is 1. The van der Waals surface area contributed by atoms with Gasteiger partial charge in [0.1, 0.15) is 0 Å². The van der Waals surface area contributed by atoms with Gasteiger partial charge in [-0.2, -0.15) is 0 Å². The van der Waals surface area contributed by atoms with Gasteiger partial charge in [0, 0.05) is 30.9 Å². The molecule has 2 heterocycles. The molecule has 4 nitrogen and oxygen atoms in total. The Hall–Kier alpha value is -1.58. The van der Waals surface area contributed by atoms with Crippen LogP contribution in [0, 0.1) is 5.41 Å². The lowest BCUT2D eigenvalue weighted by Gasteiger charge is -2.36. The molecule has 0 radical (unpaired) electrons. The molecule has 1 saturated heterocycles. The lowest BCUT2D eigenvalue weighted by molar-refractivity contribution is 0.0630. The summed E-state index contributed by atoms with van der Waals surface area (Å²) in [5.41, 5.74) is 0.576. The molecule has 1 N–H and O–H groups in total. The smallest absolute Gasteiger partial charge is 0.254 e. The van der Waals surface area contributed by atoms with Gasteiger partial charge in [0.2, 0.25) is 5.56 Å². The summed E-state index contributed by atoms with van der Waals surface area (Å²) in [6, 6.07) is 3.02. The van der Waals surface area contributed by atoms with E-state index in [-0.39, 0.29) is 11.5 Å². The molecular formula is C13H18N2O2. The van der Waals surface area contributed by atoms with E-state index in [9.17, 15) is 9.59 Å². The second-order valence-corrected chi connectivity index (χ2v) is 5.40. The summed E-state index contributed by atoms with van der Waals surface area (Å²) in [6.07, 6.45) is 3.55. The molecule has 0 atom stereocenters. The third kappa shape index (κ3) is 2.75. The SMILES string of the molecule is CC1(C)CCN(C(=O)c2cc[nH]c(=O)c2)CC1. The Labute approximate surface area is 101 Å². The van der Waals surface area contributed by atoms with Crippen molar-refractivity contribution in [1.82, 2.24) is 9.88 Å². The van der Waals surface area contributed by atoms with Gasteiger partial charge in [0.25, 0.3) is 5.91 Å². The molecule has 1 aliphatic rings. The number of hydrogen-bond acceptors (Lipinski definition) is 2. The van der Waals surface area contributed by atoms with Gasteiger partial charge in [-0.1, -0.05) is 13.8 Å². The van der Waals surface area contributed by atoms with Crippen LogP contribution in [0.5, 0.6) is 0 Å². The highest BCUT2D eigenvalue weighted by Crippen LogP contribution is 2.30. The van der Waals surface area contributed by atoms with Crippen LogP contribution in [0.4, 0.5) is 0 Å². The van der Waals surface area contributed by atoms with Crippen molar-refractivity contribution < 1.29 is 4.79 Å². The number of H-pyrrole nitrogens is 1. The lowest BCUT2D eigenvalue weighted by Crippen LogP contribution is -2.41. The van der Waals surface area contributed by atoms with Crippen LogP contribution in [-0.2, 0) is 0 Å². The zero-order valence-corrected chi connectivity index (χ0v) is 10.3. The molecule has 0 bridgehead atoms. The van der Waals surface area contributed by atoms with Gasteiger partial charge in [-0.05, 0) is 24.3 Å². The number of piperidine rings is 1. The molecule has 1 aromatic heterocycles. The van der Waals surface area contributed by atoms with E-state index in [0.717, 1.165) is 25.9 Å². The minimum absolute atomic E-state index is 0.0356. The first-order valence-corrected chi connectivity index (χ1v) is 5.96. The number of hydrogen-bond donors (Lipinski definition) is 1. The highest BCUT2D eigenvalue weighted by molar-refractivity contribution is 5.94. The molecule has 0 spiro atoms. The van der Waals surface area contributed by atoms with Gasteiger partial charge in [-0.15, -0.1) is 0 Å². The Bertz CT molecular complexity index is 466. The van der Waals surface area contributed by atoms with Crippen molar-refractivity contribution >= 4 is 5.91 Å². The number of aromatic amines is 1. The van der Waals surface area contributed by atoms with Crippen molar-refractivity contribution in [3.63, 3.8) is 0 Å². The fourth-order valence-electron chi connectivity index (χ4n) is 2.08. The van der Waals surface area contributed by atoms with Gasteiger partial charge in [-0.25, -0.2) is 0 Å². The van der Waals surface area contributed by atoms with Crippen molar-refractivity contribution in [2.75, 3.05) is 13.1 Å². The highest BCUT2D eigenvalue weighted by atomic mass is 16.2. The quantitative estimate of drug-likeness (QED) is 0.803. The van der Waals surface area contributed by atoms with Gasteiger partial charge >= 0.3 is 0 Å².